The van der Waals surface area contributed by atoms with E-state index in [4.69, 9.17) is 5.73 Å². The van der Waals surface area contributed by atoms with E-state index in [-0.39, 0.29) is 0 Å². The number of rotatable bonds is 2. The molecule has 0 spiro atoms. The van der Waals surface area contributed by atoms with Gasteiger partial charge in [0.25, 0.3) is 0 Å². The fourth-order valence-electron chi connectivity index (χ4n) is 0.936. The molecule has 0 saturated heterocycles. The van der Waals surface area contributed by atoms with Gasteiger partial charge < -0.3 is 5.73 Å². The van der Waals surface area contributed by atoms with Crippen LogP contribution in [0.5, 0.6) is 0 Å². The molecule has 2 rings (SSSR count). The summed E-state index contributed by atoms with van der Waals surface area (Å²) in [4.78, 5) is 5.50. The summed E-state index contributed by atoms with van der Waals surface area (Å²) in [6.07, 6.45) is 4.56. The topological polar surface area (TPSA) is 38.9 Å². The zero-order valence-corrected chi connectivity index (χ0v) is 6.53. The van der Waals surface area contributed by atoms with Crippen LogP contribution in [0.1, 0.15) is 28.6 Å². The number of hydrogen-bond donors (Lipinski definition) is 1. The number of aromatic nitrogens is 1. The van der Waals surface area contributed by atoms with Gasteiger partial charge in [-0.3, -0.25) is 0 Å². The van der Waals surface area contributed by atoms with Crippen LogP contribution in [0.3, 0.4) is 0 Å². The van der Waals surface area contributed by atoms with E-state index in [9.17, 15) is 0 Å². The molecule has 0 radical (unpaired) electrons. The lowest BCUT2D eigenvalue weighted by Gasteiger charge is -1.84. The van der Waals surface area contributed by atoms with Crippen molar-refractivity contribution >= 4 is 11.3 Å². The lowest BCUT2D eigenvalue weighted by atomic mass is 10.5. The molecule has 0 aromatic carbocycles. The second-order valence-electron chi connectivity index (χ2n) is 2.64. The number of thiazole rings is 1. The third-order valence-electron chi connectivity index (χ3n) is 1.70. The van der Waals surface area contributed by atoms with E-state index in [0.29, 0.717) is 6.54 Å². The van der Waals surface area contributed by atoms with Crippen LogP contribution in [0, 0.1) is 0 Å². The lowest BCUT2D eigenvalue weighted by molar-refractivity contribution is 1.06. The van der Waals surface area contributed by atoms with Crippen LogP contribution < -0.4 is 5.73 Å². The molecule has 0 unspecified atom stereocenters. The molecule has 1 fully saturated rings. The van der Waals surface area contributed by atoms with E-state index in [1.165, 1.54) is 22.7 Å². The Kier molecular flexibility index (Phi) is 1.47. The van der Waals surface area contributed by atoms with Crippen LogP contribution in [0.25, 0.3) is 0 Å². The van der Waals surface area contributed by atoms with Crippen LogP contribution in [-0.4, -0.2) is 4.98 Å². The fraction of sp³-hybridized carbons (Fsp3) is 0.571. The van der Waals surface area contributed by atoms with Gasteiger partial charge in [-0.05, 0) is 12.8 Å². The molecule has 1 aromatic rings. The van der Waals surface area contributed by atoms with Gasteiger partial charge in [-0.1, -0.05) is 0 Å². The molecule has 1 aliphatic carbocycles. The fourth-order valence-corrected chi connectivity index (χ4v) is 1.90. The molecule has 0 aliphatic heterocycles. The SMILES string of the molecule is NCc1cnc(C2CC2)s1. The maximum atomic E-state index is 5.45. The Morgan fingerprint density at radius 2 is 2.50 bits per heavy atom. The summed E-state index contributed by atoms with van der Waals surface area (Å²) in [5.74, 6) is 0.783. The standard InChI is InChI=1S/C7H10N2S/c8-3-6-4-9-7(10-6)5-1-2-5/h4-5H,1-3,8H2. The molecule has 1 aliphatic rings. The molecular formula is C7H10N2S. The summed E-state index contributed by atoms with van der Waals surface area (Å²) in [5.41, 5.74) is 5.45. The minimum absolute atomic E-state index is 0.643. The highest BCUT2D eigenvalue weighted by molar-refractivity contribution is 7.11. The average molecular weight is 154 g/mol. The third kappa shape index (κ3) is 1.07. The van der Waals surface area contributed by atoms with E-state index in [2.05, 4.69) is 4.98 Å². The summed E-state index contributed by atoms with van der Waals surface area (Å²) in [6.45, 7) is 0.643. The highest BCUT2D eigenvalue weighted by Gasteiger charge is 2.26. The molecule has 1 saturated carbocycles. The van der Waals surface area contributed by atoms with Gasteiger partial charge in [0.1, 0.15) is 0 Å². The maximum Gasteiger partial charge on any atom is 0.0959 e. The number of nitrogens with two attached hydrogens (primary N) is 1. The van der Waals surface area contributed by atoms with Crippen LogP contribution in [0.4, 0.5) is 0 Å². The Balaban J connectivity index is 2.19. The summed E-state index contributed by atoms with van der Waals surface area (Å²) in [6, 6.07) is 0. The van der Waals surface area contributed by atoms with E-state index in [0.717, 1.165) is 5.92 Å². The van der Waals surface area contributed by atoms with Crippen LogP contribution in [0.15, 0.2) is 6.20 Å². The average Bonchev–Trinajstić information content (AvgIpc) is 2.70. The highest BCUT2D eigenvalue weighted by Crippen LogP contribution is 2.41. The van der Waals surface area contributed by atoms with Crippen molar-refractivity contribution in [2.75, 3.05) is 0 Å². The molecule has 0 atom stereocenters. The summed E-state index contributed by atoms with van der Waals surface area (Å²) < 4.78 is 0. The zero-order valence-electron chi connectivity index (χ0n) is 5.71. The first kappa shape index (κ1) is 6.31. The van der Waals surface area contributed by atoms with Crippen molar-refractivity contribution < 1.29 is 0 Å². The van der Waals surface area contributed by atoms with Gasteiger partial charge in [-0.15, -0.1) is 11.3 Å². The first-order chi connectivity index (χ1) is 4.90. The Morgan fingerprint density at radius 3 is 3.00 bits per heavy atom. The maximum absolute atomic E-state index is 5.45. The molecule has 2 nitrogen and oxygen atoms in total. The van der Waals surface area contributed by atoms with E-state index in [1.807, 2.05) is 6.20 Å². The highest BCUT2D eigenvalue weighted by atomic mass is 32.1. The molecular weight excluding hydrogens is 144 g/mol. The van der Waals surface area contributed by atoms with Crippen molar-refractivity contribution in [3.8, 4) is 0 Å². The molecule has 10 heavy (non-hydrogen) atoms. The van der Waals surface area contributed by atoms with Crippen molar-refractivity contribution in [3.63, 3.8) is 0 Å². The molecule has 54 valence electrons. The first-order valence-electron chi connectivity index (χ1n) is 3.55. The Labute approximate surface area is 64.1 Å². The van der Waals surface area contributed by atoms with Crippen molar-refractivity contribution in [3.05, 3.63) is 16.1 Å². The molecule has 0 amide bonds. The zero-order chi connectivity index (χ0) is 6.97. The van der Waals surface area contributed by atoms with Crippen molar-refractivity contribution in [1.29, 1.82) is 0 Å². The van der Waals surface area contributed by atoms with Gasteiger partial charge in [0.15, 0.2) is 0 Å². The van der Waals surface area contributed by atoms with Crippen LogP contribution in [0.2, 0.25) is 0 Å². The number of nitrogens with zero attached hydrogens (tertiary/aromatic N) is 1. The Hall–Kier alpha value is -0.410. The second kappa shape index (κ2) is 2.32. The first-order valence-corrected chi connectivity index (χ1v) is 4.36. The Morgan fingerprint density at radius 1 is 1.70 bits per heavy atom. The molecule has 1 heterocycles. The van der Waals surface area contributed by atoms with Crippen molar-refractivity contribution in [1.82, 2.24) is 4.98 Å². The lowest BCUT2D eigenvalue weighted by Crippen LogP contribution is -1.91. The summed E-state index contributed by atoms with van der Waals surface area (Å²) in [7, 11) is 0. The van der Waals surface area contributed by atoms with Gasteiger partial charge in [0.05, 0.1) is 5.01 Å². The van der Waals surface area contributed by atoms with E-state index >= 15 is 0 Å². The normalized spacial score (nSPS) is 17.7. The second-order valence-corrected chi connectivity index (χ2v) is 3.79. The van der Waals surface area contributed by atoms with Crippen LogP contribution >= 0.6 is 11.3 Å². The van der Waals surface area contributed by atoms with Gasteiger partial charge in [0, 0.05) is 23.5 Å². The molecule has 1 aromatic heterocycles. The minimum atomic E-state index is 0.643. The molecule has 3 heteroatoms. The smallest absolute Gasteiger partial charge is 0.0959 e. The minimum Gasteiger partial charge on any atom is -0.326 e. The largest absolute Gasteiger partial charge is 0.326 e. The van der Waals surface area contributed by atoms with E-state index in [1.54, 1.807) is 11.3 Å². The van der Waals surface area contributed by atoms with Gasteiger partial charge in [-0.25, -0.2) is 4.98 Å². The third-order valence-corrected chi connectivity index (χ3v) is 2.88. The Bertz CT molecular complexity index is 227. The van der Waals surface area contributed by atoms with Crippen LogP contribution in [-0.2, 0) is 6.54 Å². The van der Waals surface area contributed by atoms with Gasteiger partial charge in [-0.2, -0.15) is 0 Å². The summed E-state index contributed by atoms with van der Waals surface area (Å²) >= 11 is 1.77. The number of hydrogen-bond acceptors (Lipinski definition) is 3. The molecule has 0 bridgehead atoms. The predicted molar refractivity (Wildman–Crippen MR) is 42.0 cm³/mol. The van der Waals surface area contributed by atoms with Gasteiger partial charge >= 0.3 is 0 Å². The van der Waals surface area contributed by atoms with E-state index < -0.39 is 0 Å². The quantitative estimate of drug-likeness (QED) is 0.700. The molecule has 2 N–H and O–H groups in total. The van der Waals surface area contributed by atoms with Gasteiger partial charge in [0.2, 0.25) is 0 Å². The predicted octanol–water partition coefficient (Wildman–Crippen LogP) is 1.48. The van der Waals surface area contributed by atoms with Crippen molar-refractivity contribution in [2.24, 2.45) is 5.73 Å². The monoisotopic (exact) mass is 154 g/mol. The summed E-state index contributed by atoms with van der Waals surface area (Å²) in [5, 5.41) is 1.29. The van der Waals surface area contributed by atoms with Crippen molar-refractivity contribution in [2.45, 2.75) is 25.3 Å².